The van der Waals surface area contributed by atoms with Gasteiger partial charge in [0.25, 0.3) is 0 Å². The maximum Gasteiger partial charge on any atom is 0.416 e. The van der Waals surface area contributed by atoms with Gasteiger partial charge in [-0.15, -0.1) is 0 Å². The van der Waals surface area contributed by atoms with Gasteiger partial charge in [0.15, 0.2) is 0 Å². The number of alkyl halides is 3. The average molecular weight is 292 g/mol. The SMILES string of the molecule is CC(C)CNC(C(N)=O)c1ccc(F)cc1C(F)(F)F. The fourth-order valence-electron chi connectivity index (χ4n) is 1.74. The highest BCUT2D eigenvalue weighted by atomic mass is 19.4. The van der Waals surface area contributed by atoms with E-state index >= 15 is 0 Å². The largest absolute Gasteiger partial charge is 0.416 e. The van der Waals surface area contributed by atoms with Gasteiger partial charge in [-0.2, -0.15) is 13.2 Å². The highest BCUT2D eigenvalue weighted by molar-refractivity contribution is 5.82. The lowest BCUT2D eigenvalue weighted by atomic mass is 9.98. The Bertz CT molecular complexity index is 486. The molecule has 3 nitrogen and oxygen atoms in total. The van der Waals surface area contributed by atoms with Crippen LogP contribution in [0.2, 0.25) is 0 Å². The molecule has 0 heterocycles. The van der Waals surface area contributed by atoms with Crippen LogP contribution in [-0.2, 0) is 11.0 Å². The van der Waals surface area contributed by atoms with Crippen LogP contribution in [0.5, 0.6) is 0 Å². The van der Waals surface area contributed by atoms with E-state index in [0.717, 1.165) is 12.1 Å². The molecule has 3 N–H and O–H groups in total. The minimum absolute atomic E-state index is 0.117. The first-order chi connectivity index (χ1) is 9.12. The van der Waals surface area contributed by atoms with Crippen LogP contribution >= 0.6 is 0 Å². The minimum Gasteiger partial charge on any atom is -0.368 e. The third kappa shape index (κ3) is 4.19. The standard InChI is InChI=1S/C13H16F4N2O/c1-7(2)6-19-11(12(18)20)9-4-3-8(14)5-10(9)13(15,16)17/h3-5,7,11,19H,6H2,1-2H3,(H2,18,20). The van der Waals surface area contributed by atoms with Crippen LogP contribution in [0, 0.1) is 11.7 Å². The number of carbonyl (C=O) groups excluding carboxylic acids is 1. The highest BCUT2D eigenvalue weighted by Gasteiger charge is 2.36. The second-order valence-electron chi connectivity index (χ2n) is 4.87. The van der Waals surface area contributed by atoms with Crippen molar-refractivity contribution in [2.24, 2.45) is 11.7 Å². The zero-order valence-corrected chi connectivity index (χ0v) is 11.1. The van der Waals surface area contributed by atoms with Gasteiger partial charge in [0.1, 0.15) is 11.9 Å². The Morgan fingerprint density at radius 3 is 2.40 bits per heavy atom. The van der Waals surface area contributed by atoms with Gasteiger partial charge in [-0.05, 0) is 30.2 Å². The van der Waals surface area contributed by atoms with Crippen molar-refractivity contribution in [3.8, 4) is 0 Å². The Balaban J connectivity index is 3.23. The van der Waals surface area contributed by atoms with E-state index in [4.69, 9.17) is 5.73 Å². The minimum atomic E-state index is -4.76. The first kappa shape index (κ1) is 16.4. The number of nitrogens with two attached hydrogens (primary N) is 1. The summed E-state index contributed by atoms with van der Waals surface area (Å²) in [6.07, 6.45) is -4.76. The summed E-state index contributed by atoms with van der Waals surface area (Å²) in [7, 11) is 0. The van der Waals surface area contributed by atoms with Crippen molar-refractivity contribution in [3.05, 3.63) is 35.1 Å². The Morgan fingerprint density at radius 1 is 1.35 bits per heavy atom. The van der Waals surface area contributed by atoms with E-state index in [9.17, 15) is 22.4 Å². The molecule has 1 unspecified atom stereocenters. The van der Waals surface area contributed by atoms with Gasteiger partial charge in [-0.25, -0.2) is 4.39 Å². The highest BCUT2D eigenvalue weighted by Crippen LogP contribution is 2.35. The summed E-state index contributed by atoms with van der Waals surface area (Å²) in [5, 5.41) is 2.67. The Hall–Kier alpha value is -1.63. The van der Waals surface area contributed by atoms with Gasteiger partial charge in [0.2, 0.25) is 5.91 Å². The van der Waals surface area contributed by atoms with Gasteiger partial charge in [-0.1, -0.05) is 19.9 Å². The number of benzene rings is 1. The van der Waals surface area contributed by atoms with Crippen LogP contribution in [0.3, 0.4) is 0 Å². The number of nitrogens with one attached hydrogen (secondary N) is 1. The summed E-state index contributed by atoms with van der Waals surface area (Å²) in [5.41, 5.74) is 3.58. The molecule has 112 valence electrons. The van der Waals surface area contributed by atoms with Crippen LogP contribution in [0.4, 0.5) is 17.6 Å². The van der Waals surface area contributed by atoms with Crippen LogP contribution in [0.15, 0.2) is 18.2 Å². The lowest BCUT2D eigenvalue weighted by molar-refractivity contribution is -0.138. The predicted octanol–water partition coefficient (Wildman–Crippen LogP) is 2.62. The van der Waals surface area contributed by atoms with Crippen molar-refractivity contribution in [3.63, 3.8) is 0 Å². The Kier molecular flexibility index (Phi) is 5.10. The summed E-state index contributed by atoms with van der Waals surface area (Å²) < 4.78 is 51.7. The molecule has 0 radical (unpaired) electrons. The molecule has 0 spiro atoms. The summed E-state index contributed by atoms with van der Waals surface area (Å²) >= 11 is 0. The fraction of sp³-hybridized carbons (Fsp3) is 0.462. The molecule has 1 aromatic rings. The van der Waals surface area contributed by atoms with Crippen molar-refractivity contribution in [1.29, 1.82) is 0 Å². The second-order valence-corrected chi connectivity index (χ2v) is 4.87. The molecule has 0 saturated heterocycles. The topological polar surface area (TPSA) is 55.1 Å². The molecule has 0 aromatic heterocycles. The molecule has 1 aromatic carbocycles. The van der Waals surface area contributed by atoms with Crippen molar-refractivity contribution in [1.82, 2.24) is 5.32 Å². The number of halogens is 4. The van der Waals surface area contributed by atoms with Crippen LogP contribution in [0.1, 0.15) is 31.0 Å². The van der Waals surface area contributed by atoms with Gasteiger partial charge in [0.05, 0.1) is 5.56 Å². The first-order valence-electron chi connectivity index (χ1n) is 6.02. The molecule has 0 bridgehead atoms. The summed E-state index contributed by atoms with van der Waals surface area (Å²) in [4.78, 5) is 11.4. The molecule has 0 aliphatic rings. The van der Waals surface area contributed by atoms with E-state index in [1.54, 1.807) is 0 Å². The van der Waals surface area contributed by atoms with E-state index in [2.05, 4.69) is 5.32 Å². The average Bonchev–Trinajstić information content (AvgIpc) is 2.28. The lowest BCUT2D eigenvalue weighted by Crippen LogP contribution is -2.36. The maximum atomic E-state index is 13.0. The van der Waals surface area contributed by atoms with Crippen molar-refractivity contribution >= 4 is 5.91 Å². The third-order valence-electron chi connectivity index (χ3n) is 2.65. The molecular formula is C13H16F4N2O. The first-order valence-corrected chi connectivity index (χ1v) is 6.02. The fourth-order valence-corrected chi connectivity index (χ4v) is 1.74. The zero-order valence-electron chi connectivity index (χ0n) is 11.1. The monoisotopic (exact) mass is 292 g/mol. The number of hydrogen-bond acceptors (Lipinski definition) is 2. The number of amides is 1. The quantitative estimate of drug-likeness (QED) is 0.820. The molecule has 1 amide bonds. The summed E-state index contributed by atoms with van der Waals surface area (Å²) in [5.74, 6) is -1.84. The Labute approximate surface area is 114 Å². The van der Waals surface area contributed by atoms with E-state index < -0.39 is 29.5 Å². The molecule has 1 rings (SSSR count). The van der Waals surface area contributed by atoms with Crippen molar-refractivity contribution < 1.29 is 22.4 Å². The van der Waals surface area contributed by atoms with Crippen molar-refractivity contribution in [2.75, 3.05) is 6.54 Å². The molecule has 0 aliphatic heterocycles. The normalized spacial score (nSPS) is 13.6. The van der Waals surface area contributed by atoms with Gasteiger partial charge >= 0.3 is 6.18 Å². The third-order valence-corrected chi connectivity index (χ3v) is 2.65. The van der Waals surface area contributed by atoms with E-state index in [1.807, 2.05) is 13.8 Å². The zero-order chi connectivity index (χ0) is 15.5. The summed E-state index contributed by atoms with van der Waals surface area (Å²) in [6, 6.07) is 0.857. The van der Waals surface area contributed by atoms with Gasteiger partial charge < -0.3 is 11.1 Å². The summed E-state index contributed by atoms with van der Waals surface area (Å²) in [6.45, 7) is 3.98. The molecule has 20 heavy (non-hydrogen) atoms. The number of hydrogen-bond donors (Lipinski definition) is 2. The van der Waals surface area contributed by atoms with E-state index in [-0.39, 0.29) is 11.5 Å². The van der Waals surface area contributed by atoms with Crippen LogP contribution in [-0.4, -0.2) is 12.5 Å². The van der Waals surface area contributed by atoms with Crippen LogP contribution in [0.25, 0.3) is 0 Å². The van der Waals surface area contributed by atoms with Gasteiger partial charge in [-0.3, -0.25) is 4.79 Å². The second kappa shape index (κ2) is 6.21. The maximum absolute atomic E-state index is 13.0. The predicted molar refractivity (Wildman–Crippen MR) is 66.2 cm³/mol. The molecular weight excluding hydrogens is 276 g/mol. The number of carbonyl (C=O) groups is 1. The molecule has 1 atom stereocenters. The van der Waals surface area contributed by atoms with E-state index in [0.29, 0.717) is 12.6 Å². The lowest BCUT2D eigenvalue weighted by Gasteiger charge is -2.21. The van der Waals surface area contributed by atoms with Gasteiger partial charge in [0, 0.05) is 0 Å². The molecule has 7 heteroatoms. The van der Waals surface area contributed by atoms with Crippen LogP contribution < -0.4 is 11.1 Å². The molecule has 0 saturated carbocycles. The number of primary amides is 1. The van der Waals surface area contributed by atoms with Crippen molar-refractivity contribution in [2.45, 2.75) is 26.1 Å². The molecule has 0 aliphatic carbocycles. The van der Waals surface area contributed by atoms with E-state index in [1.165, 1.54) is 0 Å². The molecule has 0 fully saturated rings. The Morgan fingerprint density at radius 2 is 1.95 bits per heavy atom. The smallest absolute Gasteiger partial charge is 0.368 e. The number of rotatable bonds is 5.